The van der Waals surface area contributed by atoms with Gasteiger partial charge in [-0.1, -0.05) is 33.6 Å². The van der Waals surface area contributed by atoms with E-state index in [0.717, 1.165) is 32.1 Å². The van der Waals surface area contributed by atoms with E-state index < -0.39 is 0 Å². The number of amides is 1. The average Bonchev–Trinajstić information content (AvgIpc) is 2.57. The zero-order valence-electron chi connectivity index (χ0n) is 14.4. The second-order valence-corrected chi connectivity index (χ2v) is 7.17. The Bertz CT molecular complexity index is 762. The highest BCUT2D eigenvalue weighted by atomic mass is 79.9. The van der Waals surface area contributed by atoms with Gasteiger partial charge >= 0.3 is 0 Å². The summed E-state index contributed by atoms with van der Waals surface area (Å²) in [5, 5.41) is 2.93. The summed E-state index contributed by atoms with van der Waals surface area (Å²) >= 11 is 3.58. The van der Waals surface area contributed by atoms with Crippen molar-refractivity contribution in [3.05, 3.63) is 52.0 Å². The molecule has 2 aromatic rings. The lowest BCUT2D eigenvalue weighted by molar-refractivity contribution is -0.885. The van der Waals surface area contributed by atoms with Crippen LogP contribution in [0.3, 0.4) is 0 Å². The third-order valence-electron chi connectivity index (χ3n) is 4.00. The van der Waals surface area contributed by atoms with Gasteiger partial charge in [-0.05, 0) is 31.2 Å². The topological polar surface area (TPSA) is 52.0 Å². The number of nitrogens with one attached hydrogen (secondary N) is 2. The molecule has 0 aliphatic carbocycles. The third-order valence-corrected chi connectivity index (χ3v) is 4.74. The van der Waals surface area contributed by atoms with Crippen LogP contribution < -0.4 is 19.7 Å². The fourth-order valence-electron chi connectivity index (χ4n) is 2.75. The van der Waals surface area contributed by atoms with E-state index in [2.05, 4.69) is 21.2 Å². The minimum Gasteiger partial charge on any atom is -0.486 e. The molecule has 1 aliphatic rings. The minimum atomic E-state index is -0.00461. The molecular weight excluding hydrogens is 384 g/mol. The van der Waals surface area contributed by atoms with E-state index >= 15 is 0 Å². The SMILES string of the molecule is Cc1ccc(NC(=O)C[NH+](C)Cc2cc3c(cc2Br)OCCO3)cc1. The molecule has 1 atom stereocenters. The number of benzene rings is 2. The van der Waals surface area contributed by atoms with E-state index in [0.29, 0.717) is 26.3 Å². The van der Waals surface area contributed by atoms with Crippen LogP contribution in [-0.2, 0) is 11.3 Å². The van der Waals surface area contributed by atoms with Crippen molar-refractivity contribution >= 4 is 27.5 Å². The van der Waals surface area contributed by atoms with Crippen LogP contribution in [0.25, 0.3) is 0 Å². The number of rotatable bonds is 5. The molecule has 1 heterocycles. The molecule has 0 bridgehead atoms. The van der Waals surface area contributed by atoms with Gasteiger partial charge in [0.2, 0.25) is 0 Å². The van der Waals surface area contributed by atoms with Crippen molar-refractivity contribution in [2.45, 2.75) is 13.5 Å². The Morgan fingerprint density at radius 1 is 1.16 bits per heavy atom. The zero-order chi connectivity index (χ0) is 17.8. The van der Waals surface area contributed by atoms with Crippen LogP contribution in [0.1, 0.15) is 11.1 Å². The summed E-state index contributed by atoms with van der Waals surface area (Å²) in [7, 11) is 2.00. The Kier molecular flexibility index (Phi) is 5.60. The summed E-state index contributed by atoms with van der Waals surface area (Å²) < 4.78 is 12.2. The Morgan fingerprint density at radius 3 is 2.48 bits per heavy atom. The van der Waals surface area contributed by atoms with Gasteiger partial charge in [0.05, 0.1) is 7.05 Å². The maximum atomic E-state index is 12.2. The van der Waals surface area contributed by atoms with Gasteiger partial charge in [-0.25, -0.2) is 0 Å². The number of likely N-dealkylation sites (N-methyl/N-ethyl adjacent to an activating group) is 1. The van der Waals surface area contributed by atoms with Crippen LogP contribution in [0.5, 0.6) is 11.5 Å². The van der Waals surface area contributed by atoms with Gasteiger partial charge < -0.3 is 19.7 Å². The van der Waals surface area contributed by atoms with E-state index in [1.54, 1.807) is 0 Å². The molecule has 0 saturated heterocycles. The van der Waals surface area contributed by atoms with Crippen molar-refractivity contribution in [2.75, 3.05) is 32.1 Å². The number of aryl methyl sites for hydroxylation is 1. The number of halogens is 1. The first-order chi connectivity index (χ1) is 12.0. The second kappa shape index (κ2) is 7.89. The molecule has 1 aliphatic heterocycles. The Morgan fingerprint density at radius 2 is 1.80 bits per heavy atom. The number of anilines is 1. The van der Waals surface area contributed by atoms with E-state index in [1.807, 2.05) is 50.4 Å². The van der Waals surface area contributed by atoms with Gasteiger partial charge in [0, 0.05) is 15.7 Å². The first-order valence-corrected chi connectivity index (χ1v) is 9.06. The predicted molar refractivity (Wildman–Crippen MR) is 100 cm³/mol. The van der Waals surface area contributed by atoms with Gasteiger partial charge in [-0.15, -0.1) is 0 Å². The van der Waals surface area contributed by atoms with Crippen molar-refractivity contribution in [1.82, 2.24) is 0 Å². The zero-order valence-corrected chi connectivity index (χ0v) is 16.0. The lowest BCUT2D eigenvalue weighted by Gasteiger charge is -2.21. The van der Waals surface area contributed by atoms with Crippen molar-refractivity contribution < 1.29 is 19.2 Å². The number of quaternary nitrogens is 1. The molecular formula is C19H22BrN2O3+. The quantitative estimate of drug-likeness (QED) is 0.801. The largest absolute Gasteiger partial charge is 0.486 e. The van der Waals surface area contributed by atoms with E-state index in [1.165, 1.54) is 5.56 Å². The van der Waals surface area contributed by atoms with Crippen LogP contribution in [0, 0.1) is 6.92 Å². The van der Waals surface area contributed by atoms with Crippen molar-refractivity contribution in [3.63, 3.8) is 0 Å². The number of fused-ring (bicyclic) bond motifs is 1. The molecule has 25 heavy (non-hydrogen) atoms. The fourth-order valence-corrected chi connectivity index (χ4v) is 3.21. The monoisotopic (exact) mass is 405 g/mol. The van der Waals surface area contributed by atoms with E-state index in [9.17, 15) is 4.79 Å². The number of hydrogen-bond donors (Lipinski definition) is 2. The lowest BCUT2D eigenvalue weighted by Crippen LogP contribution is -3.08. The molecule has 3 rings (SSSR count). The van der Waals surface area contributed by atoms with Crippen LogP contribution in [0.4, 0.5) is 5.69 Å². The Balaban J connectivity index is 1.59. The molecule has 2 N–H and O–H groups in total. The molecule has 5 nitrogen and oxygen atoms in total. The van der Waals surface area contributed by atoms with Gasteiger partial charge in [0.25, 0.3) is 5.91 Å². The van der Waals surface area contributed by atoms with Crippen LogP contribution in [-0.4, -0.2) is 32.7 Å². The molecule has 0 saturated carbocycles. The smallest absolute Gasteiger partial charge is 0.279 e. The van der Waals surface area contributed by atoms with Crippen molar-refractivity contribution in [3.8, 4) is 11.5 Å². The first-order valence-electron chi connectivity index (χ1n) is 8.27. The highest BCUT2D eigenvalue weighted by Gasteiger charge is 2.18. The maximum Gasteiger partial charge on any atom is 0.279 e. The van der Waals surface area contributed by atoms with Crippen LogP contribution in [0.2, 0.25) is 0 Å². The van der Waals surface area contributed by atoms with Gasteiger partial charge in [0.1, 0.15) is 19.8 Å². The summed E-state index contributed by atoms with van der Waals surface area (Å²) in [6.45, 7) is 4.25. The van der Waals surface area contributed by atoms with Crippen LogP contribution in [0.15, 0.2) is 40.9 Å². The summed E-state index contributed by atoms with van der Waals surface area (Å²) in [6.07, 6.45) is 0. The maximum absolute atomic E-state index is 12.2. The standard InChI is InChI=1S/C19H21BrN2O3/c1-13-3-5-15(6-4-13)21-19(23)12-22(2)11-14-9-17-18(10-16(14)20)25-8-7-24-17/h3-6,9-10H,7-8,11-12H2,1-2H3,(H,21,23)/p+1. The normalized spacial score (nSPS) is 14.0. The molecule has 132 valence electrons. The summed E-state index contributed by atoms with van der Waals surface area (Å²) in [5.74, 6) is 1.52. The first kappa shape index (κ1) is 17.8. The second-order valence-electron chi connectivity index (χ2n) is 6.31. The lowest BCUT2D eigenvalue weighted by atomic mass is 10.2. The highest BCUT2D eigenvalue weighted by molar-refractivity contribution is 9.10. The molecule has 0 spiro atoms. The number of carbonyl (C=O) groups is 1. The molecule has 0 radical (unpaired) electrons. The molecule has 2 aromatic carbocycles. The van der Waals surface area contributed by atoms with Gasteiger partial charge in [-0.3, -0.25) is 4.79 Å². The molecule has 1 unspecified atom stereocenters. The number of ether oxygens (including phenoxy) is 2. The molecule has 1 amide bonds. The van der Waals surface area contributed by atoms with E-state index in [4.69, 9.17) is 9.47 Å². The molecule has 0 aromatic heterocycles. The summed E-state index contributed by atoms with van der Waals surface area (Å²) in [6, 6.07) is 11.7. The Labute approximate surface area is 156 Å². The summed E-state index contributed by atoms with van der Waals surface area (Å²) in [5.41, 5.74) is 3.08. The number of hydrogen-bond acceptors (Lipinski definition) is 3. The summed E-state index contributed by atoms with van der Waals surface area (Å²) in [4.78, 5) is 13.3. The van der Waals surface area contributed by atoms with Gasteiger partial charge in [0.15, 0.2) is 18.0 Å². The predicted octanol–water partition coefficient (Wildman–Crippen LogP) is 2.18. The average molecular weight is 406 g/mol. The fraction of sp³-hybridized carbons (Fsp3) is 0.316. The number of carbonyl (C=O) groups excluding carboxylic acids is 1. The van der Waals surface area contributed by atoms with Crippen LogP contribution >= 0.6 is 15.9 Å². The Hall–Kier alpha value is -2.05. The minimum absolute atomic E-state index is 0.00461. The van der Waals surface area contributed by atoms with Crippen molar-refractivity contribution in [2.24, 2.45) is 0 Å². The molecule has 6 heteroatoms. The van der Waals surface area contributed by atoms with Gasteiger partial charge in [-0.2, -0.15) is 0 Å². The highest BCUT2D eigenvalue weighted by Crippen LogP contribution is 2.35. The van der Waals surface area contributed by atoms with Crippen molar-refractivity contribution in [1.29, 1.82) is 0 Å². The third kappa shape index (κ3) is 4.74. The van der Waals surface area contributed by atoms with E-state index in [-0.39, 0.29) is 5.91 Å². The molecule has 0 fully saturated rings.